The normalized spacial score (nSPS) is 17.1. The van der Waals surface area contributed by atoms with Crippen LogP contribution in [0.2, 0.25) is 10.0 Å². The Bertz CT molecular complexity index is 785. The summed E-state index contributed by atoms with van der Waals surface area (Å²) in [7, 11) is 1.64. The van der Waals surface area contributed by atoms with Crippen LogP contribution in [0.3, 0.4) is 0 Å². The lowest BCUT2D eigenvalue weighted by atomic mass is 10.1. The molecule has 2 aromatic rings. The highest BCUT2D eigenvalue weighted by molar-refractivity contribution is 6.31. The summed E-state index contributed by atoms with van der Waals surface area (Å²) in [5, 5.41) is 4.91. The van der Waals surface area contributed by atoms with Crippen LogP contribution in [0.5, 0.6) is 11.5 Å². The monoisotopic (exact) mass is 422 g/mol. The van der Waals surface area contributed by atoms with Crippen molar-refractivity contribution < 1.29 is 9.47 Å². The van der Waals surface area contributed by atoms with Gasteiger partial charge in [0.25, 0.3) is 0 Å². The fourth-order valence-corrected chi connectivity index (χ4v) is 4.12. The number of nitrogens with one attached hydrogen (secondary N) is 1. The van der Waals surface area contributed by atoms with E-state index in [9.17, 15) is 0 Å². The summed E-state index contributed by atoms with van der Waals surface area (Å²) in [6, 6.07) is 12.0. The van der Waals surface area contributed by atoms with E-state index >= 15 is 0 Å². The van der Waals surface area contributed by atoms with Crippen LogP contribution in [-0.2, 0) is 13.2 Å². The van der Waals surface area contributed by atoms with E-state index in [1.165, 1.54) is 19.4 Å². The van der Waals surface area contributed by atoms with Crippen molar-refractivity contribution in [3.8, 4) is 11.5 Å². The molecular weight excluding hydrogens is 395 g/mol. The van der Waals surface area contributed by atoms with Crippen molar-refractivity contribution in [2.24, 2.45) is 0 Å². The number of nitrogens with zero attached hydrogens (tertiary/aromatic N) is 1. The van der Waals surface area contributed by atoms with Crippen molar-refractivity contribution in [3.63, 3.8) is 0 Å². The van der Waals surface area contributed by atoms with Crippen molar-refractivity contribution in [1.29, 1.82) is 0 Å². The minimum atomic E-state index is 0.402. The number of likely N-dealkylation sites (N-methyl/N-ethyl adjacent to an activating group) is 1. The molecule has 28 heavy (non-hydrogen) atoms. The molecule has 1 heterocycles. The summed E-state index contributed by atoms with van der Waals surface area (Å²) < 4.78 is 11.4. The number of hydrogen-bond acceptors (Lipinski definition) is 4. The second kappa shape index (κ2) is 10.4. The first-order chi connectivity index (χ1) is 13.6. The maximum absolute atomic E-state index is 6.51. The fraction of sp³-hybridized carbons (Fsp3) is 0.455. The lowest BCUT2D eigenvalue weighted by Crippen LogP contribution is -2.37. The molecule has 1 N–H and O–H groups in total. The van der Waals surface area contributed by atoms with Gasteiger partial charge in [-0.2, -0.15) is 0 Å². The minimum Gasteiger partial charge on any atom is -0.493 e. The Balaban J connectivity index is 1.60. The smallest absolute Gasteiger partial charge is 0.163 e. The van der Waals surface area contributed by atoms with Gasteiger partial charge < -0.3 is 14.8 Å². The van der Waals surface area contributed by atoms with Crippen LogP contribution in [0.1, 0.15) is 30.9 Å². The molecule has 0 amide bonds. The first-order valence-corrected chi connectivity index (χ1v) is 10.5. The van der Waals surface area contributed by atoms with Crippen LogP contribution in [0.25, 0.3) is 0 Å². The van der Waals surface area contributed by atoms with Gasteiger partial charge in [-0.05, 0) is 55.3 Å². The van der Waals surface area contributed by atoms with Gasteiger partial charge in [-0.15, -0.1) is 0 Å². The molecule has 1 aliphatic heterocycles. The van der Waals surface area contributed by atoms with Crippen LogP contribution in [0.4, 0.5) is 0 Å². The van der Waals surface area contributed by atoms with Crippen LogP contribution < -0.4 is 14.8 Å². The molecule has 3 rings (SSSR count). The molecule has 1 saturated heterocycles. The molecular formula is C22H28Cl2N2O2. The lowest BCUT2D eigenvalue weighted by molar-refractivity contribution is 0.260. The maximum Gasteiger partial charge on any atom is 0.163 e. The van der Waals surface area contributed by atoms with Crippen molar-refractivity contribution in [2.45, 2.75) is 39.0 Å². The summed E-state index contributed by atoms with van der Waals surface area (Å²) in [6.45, 7) is 6.62. The Morgan fingerprint density at radius 3 is 2.79 bits per heavy atom. The van der Waals surface area contributed by atoms with Crippen molar-refractivity contribution in [2.75, 3.05) is 26.7 Å². The zero-order valence-corrected chi connectivity index (χ0v) is 18.0. The number of methoxy groups -OCH3 is 1. The molecule has 1 atom stereocenters. The molecule has 0 spiro atoms. The summed E-state index contributed by atoms with van der Waals surface area (Å²) in [6.07, 6.45) is 2.54. The van der Waals surface area contributed by atoms with E-state index in [0.29, 0.717) is 40.7 Å². The molecule has 0 aromatic heterocycles. The Labute approximate surface area is 177 Å². The first-order valence-electron chi connectivity index (χ1n) is 9.79. The second-order valence-corrected chi connectivity index (χ2v) is 7.91. The van der Waals surface area contributed by atoms with Gasteiger partial charge in [0, 0.05) is 35.2 Å². The highest BCUT2D eigenvalue weighted by Crippen LogP contribution is 2.34. The molecule has 4 nitrogen and oxygen atoms in total. The number of rotatable bonds is 9. The predicted octanol–water partition coefficient (Wildman–Crippen LogP) is 5.15. The SMILES string of the molecule is CCN1CCCC1CNCc1cc(OC)c(OCc2cccc(Cl)c2)cc1Cl. The first kappa shape index (κ1) is 21.3. The topological polar surface area (TPSA) is 33.7 Å². The molecule has 2 aromatic carbocycles. The zero-order chi connectivity index (χ0) is 19.9. The van der Waals surface area contributed by atoms with Crippen LogP contribution in [0, 0.1) is 0 Å². The largest absolute Gasteiger partial charge is 0.493 e. The number of halogens is 2. The summed E-state index contributed by atoms with van der Waals surface area (Å²) in [5.41, 5.74) is 2.00. The van der Waals surface area contributed by atoms with Crippen LogP contribution in [0.15, 0.2) is 36.4 Å². The molecule has 1 unspecified atom stereocenters. The Hall–Kier alpha value is -1.46. The molecule has 0 radical (unpaired) electrons. The van der Waals surface area contributed by atoms with E-state index in [-0.39, 0.29) is 0 Å². The van der Waals surface area contributed by atoms with E-state index in [1.54, 1.807) is 7.11 Å². The molecule has 0 aliphatic carbocycles. The van der Waals surface area contributed by atoms with Gasteiger partial charge in [-0.1, -0.05) is 42.3 Å². The van der Waals surface area contributed by atoms with E-state index in [2.05, 4.69) is 17.1 Å². The third-order valence-corrected chi connectivity index (χ3v) is 5.80. The van der Waals surface area contributed by atoms with Gasteiger partial charge in [0.15, 0.2) is 11.5 Å². The number of likely N-dealkylation sites (tertiary alicyclic amines) is 1. The average molecular weight is 423 g/mol. The maximum atomic E-state index is 6.51. The molecule has 152 valence electrons. The van der Waals surface area contributed by atoms with Crippen LogP contribution in [-0.4, -0.2) is 37.7 Å². The third-order valence-electron chi connectivity index (χ3n) is 5.22. The van der Waals surface area contributed by atoms with Gasteiger partial charge in [0.2, 0.25) is 0 Å². The molecule has 1 fully saturated rings. The van der Waals surface area contributed by atoms with Gasteiger partial charge >= 0.3 is 0 Å². The molecule has 0 saturated carbocycles. The van der Waals surface area contributed by atoms with E-state index in [4.69, 9.17) is 32.7 Å². The predicted molar refractivity (Wildman–Crippen MR) is 116 cm³/mol. The fourth-order valence-electron chi connectivity index (χ4n) is 3.69. The zero-order valence-electron chi connectivity index (χ0n) is 16.5. The van der Waals surface area contributed by atoms with Crippen molar-refractivity contribution >= 4 is 23.2 Å². The standard InChI is InChI=1S/C22H28Cl2N2O2/c1-3-26-9-5-8-19(26)14-25-13-17-11-21(27-2)22(12-20(17)24)28-15-16-6-4-7-18(23)10-16/h4,6-7,10-12,19,25H,3,5,8-9,13-15H2,1-2H3. The number of ether oxygens (including phenoxy) is 2. The van der Waals surface area contributed by atoms with Crippen molar-refractivity contribution in [1.82, 2.24) is 10.2 Å². The minimum absolute atomic E-state index is 0.402. The van der Waals surface area contributed by atoms with E-state index in [1.807, 2.05) is 36.4 Å². The average Bonchev–Trinajstić information content (AvgIpc) is 3.15. The van der Waals surface area contributed by atoms with Crippen LogP contribution >= 0.6 is 23.2 Å². The quantitative estimate of drug-likeness (QED) is 0.605. The second-order valence-electron chi connectivity index (χ2n) is 7.07. The highest BCUT2D eigenvalue weighted by atomic mass is 35.5. The Morgan fingerprint density at radius 1 is 1.18 bits per heavy atom. The van der Waals surface area contributed by atoms with Gasteiger partial charge in [0.1, 0.15) is 6.61 Å². The molecule has 1 aliphatic rings. The van der Waals surface area contributed by atoms with Gasteiger partial charge in [0.05, 0.1) is 7.11 Å². The summed E-state index contributed by atoms with van der Waals surface area (Å²) in [4.78, 5) is 2.53. The number of hydrogen-bond donors (Lipinski definition) is 1. The molecule has 6 heteroatoms. The Morgan fingerprint density at radius 2 is 2.04 bits per heavy atom. The van der Waals surface area contributed by atoms with Gasteiger partial charge in [-0.3, -0.25) is 4.90 Å². The Kier molecular flexibility index (Phi) is 7.86. The highest BCUT2D eigenvalue weighted by Gasteiger charge is 2.22. The summed E-state index contributed by atoms with van der Waals surface area (Å²) in [5.74, 6) is 1.31. The van der Waals surface area contributed by atoms with Gasteiger partial charge in [-0.25, -0.2) is 0 Å². The number of benzene rings is 2. The molecule has 0 bridgehead atoms. The summed E-state index contributed by atoms with van der Waals surface area (Å²) >= 11 is 12.5. The van der Waals surface area contributed by atoms with E-state index in [0.717, 1.165) is 24.2 Å². The van der Waals surface area contributed by atoms with E-state index < -0.39 is 0 Å². The third kappa shape index (κ3) is 5.54. The lowest BCUT2D eigenvalue weighted by Gasteiger charge is -2.23. The van der Waals surface area contributed by atoms with Crippen molar-refractivity contribution in [3.05, 3.63) is 57.6 Å².